The van der Waals surface area contributed by atoms with Gasteiger partial charge in [0, 0.05) is 63.5 Å². The van der Waals surface area contributed by atoms with Crippen molar-refractivity contribution in [3.05, 3.63) is 23.3 Å². The van der Waals surface area contributed by atoms with Crippen molar-refractivity contribution in [2.24, 2.45) is 28.6 Å². The summed E-state index contributed by atoms with van der Waals surface area (Å²) in [5.41, 5.74) is 0.0798. The lowest BCUT2D eigenvalue weighted by Crippen LogP contribution is -2.60. The number of hydrogen-bond acceptors (Lipinski definition) is 9. The summed E-state index contributed by atoms with van der Waals surface area (Å²) in [7, 11) is 3.62. The Morgan fingerprint density at radius 3 is 1.42 bits per heavy atom. The van der Waals surface area contributed by atoms with Crippen LogP contribution in [0.5, 0.6) is 0 Å². The normalized spacial score (nSPS) is 21.9. The average Bonchev–Trinajstić information content (AvgIpc) is 4.01. The molecule has 0 aromatic heterocycles. The third-order valence-electron chi connectivity index (χ3n) is 18.8. The minimum absolute atomic E-state index is 0.0172. The Balaban J connectivity index is 1.24. The molecule has 0 aliphatic carbocycles. The number of unbranched alkanes of at least 4 members (excludes halogenated alkanes) is 6. The van der Waals surface area contributed by atoms with Crippen LogP contribution in [0.15, 0.2) is 23.3 Å². The average molecular weight is 1180 g/mol. The molecule has 0 saturated carbocycles. The second-order valence-electron chi connectivity index (χ2n) is 29.2. The van der Waals surface area contributed by atoms with Gasteiger partial charge in [0.25, 0.3) is 0 Å². The third-order valence-corrected chi connectivity index (χ3v) is 18.8. The molecule has 84 heavy (non-hydrogen) atoms. The molecule has 0 aromatic carbocycles. The van der Waals surface area contributed by atoms with Crippen molar-refractivity contribution in [3.8, 4) is 0 Å². The first-order chi connectivity index (χ1) is 39.4. The minimum atomic E-state index is -0.755. The molecule has 9 atom stereocenters. The maximum atomic E-state index is 14.7. The minimum Gasteiger partial charge on any atom is -0.354 e. The van der Waals surface area contributed by atoms with Gasteiger partial charge in [-0.25, -0.2) is 0 Å². The maximum Gasteiger partial charge on any atom is 0.249 e. The maximum absolute atomic E-state index is 14.7. The van der Waals surface area contributed by atoms with Gasteiger partial charge in [-0.1, -0.05) is 139 Å². The molecule has 4 rings (SSSR count). The lowest BCUT2D eigenvalue weighted by molar-refractivity contribution is -0.142. The Bertz CT molecular complexity index is 2210. The van der Waals surface area contributed by atoms with E-state index in [2.05, 4.69) is 67.3 Å². The van der Waals surface area contributed by atoms with Crippen LogP contribution in [-0.2, 0) is 33.6 Å². The number of likely N-dealkylation sites (N-methyl/N-ethyl adjacent to an activating group) is 2. The second kappa shape index (κ2) is 33.7. The van der Waals surface area contributed by atoms with E-state index in [4.69, 9.17) is 0 Å². The Hall–Kier alpha value is -4.31. The standard InChI is InChI=1S/C68H121N9O7/c1-46(2)56(72(17)65(83)58(67(11,12)13)70-61(79)54-34-25-28-40-75(54)47(3)4)44-52(10)64(82)77-42-32-36-53(77)60(78)69-37-27-23-21-19-20-22-24-33-49(7)43-50(8)57(45-51(9)63(81)74-38-30-31-39-74)73(18)66(84)59(68(14,15)16)71-62(80)55-35-26-29-41-76(55)48(5)6/h44-50,53-59H,19-43H2,1-18H3,(H,69,78)(H,70,79)(H,71,80)/b51-45+,52-44+/t49?,50?,53?,54?,55?,56-,57-,58?,59?/m1/s1. The molecule has 7 unspecified atom stereocenters. The molecule has 0 spiro atoms. The summed E-state index contributed by atoms with van der Waals surface area (Å²) in [6, 6.07) is -2.81. The summed E-state index contributed by atoms with van der Waals surface area (Å²) >= 11 is 0. The van der Waals surface area contributed by atoms with Crippen LogP contribution in [0.1, 0.15) is 233 Å². The number of amides is 7. The zero-order chi connectivity index (χ0) is 62.8. The van der Waals surface area contributed by atoms with Gasteiger partial charge in [0.15, 0.2) is 0 Å². The fourth-order valence-corrected chi connectivity index (χ4v) is 13.6. The monoisotopic (exact) mass is 1180 g/mol. The zero-order valence-corrected chi connectivity index (χ0v) is 56.3. The highest BCUT2D eigenvalue weighted by atomic mass is 16.2. The number of piperidine rings is 2. The van der Waals surface area contributed by atoms with Crippen molar-refractivity contribution in [2.75, 3.05) is 53.4 Å². The Labute approximate surface area is 510 Å². The van der Waals surface area contributed by atoms with Crippen molar-refractivity contribution in [2.45, 2.75) is 287 Å². The molecule has 3 N–H and O–H groups in total. The molecule has 16 heteroatoms. The van der Waals surface area contributed by atoms with Gasteiger partial charge in [0.05, 0.1) is 24.2 Å². The van der Waals surface area contributed by atoms with Crippen LogP contribution in [0.3, 0.4) is 0 Å². The van der Waals surface area contributed by atoms with Gasteiger partial charge in [-0.2, -0.15) is 0 Å². The van der Waals surface area contributed by atoms with E-state index in [-0.39, 0.29) is 83.4 Å². The van der Waals surface area contributed by atoms with Gasteiger partial charge in [0.1, 0.15) is 18.1 Å². The van der Waals surface area contributed by atoms with Crippen LogP contribution in [0.4, 0.5) is 0 Å². The summed E-state index contributed by atoms with van der Waals surface area (Å²) in [6.45, 7) is 37.0. The van der Waals surface area contributed by atoms with E-state index < -0.39 is 35.0 Å². The van der Waals surface area contributed by atoms with Crippen LogP contribution in [0.2, 0.25) is 0 Å². The van der Waals surface area contributed by atoms with Crippen LogP contribution < -0.4 is 16.0 Å². The van der Waals surface area contributed by atoms with E-state index in [1.165, 1.54) is 0 Å². The fraction of sp³-hybridized carbons (Fsp3) is 0.838. The molecule has 4 saturated heterocycles. The summed E-state index contributed by atoms with van der Waals surface area (Å²) in [5, 5.41) is 9.55. The Morgan fingerprint density at radius 2 is 0.940 bits per heavy atom. The summed E-state index contributed by atoms with van der Waals surface area (Å²) in [6.07, 6.45) is 22.4. The van der Waals surface area contributed by atoms with Crippen LogP contribution in [0.25, 0.3) is 0 Å². The van der Waals surface area contributed by atoms with E-state index in [0.29, 0.717) is 36.6 Å². The van der Waals surface area contributed by atoms with E-state index in [0.717, 1.165) is 142 Å². The number of rotatable bonds is 29. The quantitative estimate of drug-likeness (QED) is 0.0486. The molecule has 0 radical (unpaired) electrons. The van der Waals surface area contributed by atoms with Gasteiger partial charge < -0.3 is 35.6 Å². The number of hydrogen-bond donors (Lipinski definition) is 3. The predicted molar refractivity (Wildman–Crippen MR) is 341 cm³/mol. The van der Waals surface area contributed by atoms with E-state index in [9.17, 15) is 33.6 Å². The van der Waals surface area contributed by atoms with Crippen molar-refractivity contribution >= 4 is 41.4 Å². The van der Waals surface area contributed by atoms with E-state index in [1.807, 2.05) is 91.3 Å². The Morgan fingerprint density at radius 1 is 0.512 bits per heavy atom. The molecule has 7 amide bonds. The first-order valence-corrected chi connectivity index (χ1v) is 33.3. The smallest absolute Gasteiger partial charge is 0.249 e. The van der Waals surface area contributed by atoms with Gasteiger partial charge in [-0.3, -0.25) is 43.4 Å². The van der Waals surface area contributed by atoms with Crippen molar-refractivity contribution in [1.82, 2.24) is 45.3 Å². The van der Waals surface area contributed by atoms with E-state index >= 15 is 0 Å². The largest absolute Gasteiger partial charge is 0.354 e. The number of carbonyl (C=O) groups excluding carboxylic acids is 7. The molecule has 480 valence electrons. The zero-order valence-electron chi connectivity index (χ0n) is 56.3. The topological polar surface area (TPSA) is 175 Å². The lowest BCUT2D eigenvalue weighted by Gasteiger charge is -2.41. The van der Waals surface area contributed by atoms with Gasteiger partial charge in [-0.15, -0.1) is 0 Å². The van der Waals surface area contributed by atoms with Crippen molar-refractivity contribution in [3.63, 3.8) is 0 Å². The predicted octanol–water partition coefficient (Wildman–Crippen LogP) is 10.3. The summed E-state index contributed by atoms with van der Waals surface area (Å²) in [5.74, 6) is -0.288. The SMILES string of the molecule is C/C(=C\[C@H](C(C)CC(C)CCCCCCCCCNC(=O)C1CCCN1C(=O)/C(C)=C/[C@H](C(C)C)N(C)C(=O)C(NC(=O)C1CCCCN1C(C)C)C(C)(C)C)N(C)C(=O)C(NC(=O)C1CCCCN1C(C)C)C(C)(C)C)C(=O)N1CCCC1. The Kier molecular flexibility index (Phi) is 29.0. The van der Waals surface area contributed by atoms with E-state index in [1.54, 1.807) is 23.8 Å². The highest BCUT2D eigenvalue weighted by Gasteiger charge is 2.43. The number of nitrogens with one attached hydrogen (secondary N) is 3. The molecule has 0 bridgehead atoms. The van der Waals surface area contributed by atoms with Crippen LogP contribution >= 0.6 is 0 Å². The lowest BCUT2D eigenvalue weighted by atomic mass is 9.83. The molecule has 4 aliphatic rings. The second-order valence-corrected chi connectivity index (χ2v) is 29.2. The van der Waals surface area contributed by atoms with Crippen molar-refractivity contribution in [1.29, 1.82) is 0 Å². The van der Waals surface area contributed by atoms with Gasteiger partial charge in [-0.05, 0) is 147 Å². The molecular formula is C68H121N9O7. The molecule has 16 nitrogen and oxygen atoms in total. The molecule has 4 fully saturated rings. The number of likely N-dealkylation sites (tertiary alicyclic amines) is 4. The molecular weight excluding hydrogens is 1050 g/mol. The van der Waals surface area contributed by atoms with Crippen molar-refractivity contribution < 1.29 is 33.6 Å². The van der Waals surface area contributed by atoms with Crippen LogP contribution in [0, 0.1) is 28.6 Å². The number of carbonyl (C=O) groups is 7. The van der Waals surface area contributed by atoms with Gasteiger partial charge in [0.2, 0.25) is 41.4 Å². The highest BCUT2D eigenvalue weighted by molar-refractivity contribution is 5.97. The highest BCUT2D eigenvalue weighted by Crippen LogP contribution is 2.31. The van der Waals surface area contributed by atoms with Gasteiger partial charge >= 0.3 is 0 Å². The molecule has 4 aliphatic heterocycles. The van der Waals surface area contributed by atoms with Crippen LogP contribution in [-0.4, -0.2) is 178 Å². The summed E-state index contributed by atoms with van der Waals surface area (Å²) < 4.78 is 0. The third kappa shape index (κ3) is 20.9. The fourth-order valence-electron chi connectivity index (χ4n) is 13.6. The number of nitrogens with zero attached hydrogens (tertiary/aromatic N) is 6. The summed E-state index contributed by atoms with van der Waals surface area (Å²) in [4.78, 5) is 110. The molecule has 0 aromatic rings. The first-order valence-electron chi connectivity index (χ1n) is 33.3. The molecule has 4 heterocycles. The first kappa shape index (κ1) is 72.2.